The molecule has 3 aromatic carbocycles. The van der Waals surface area contributed by atoms with Crippen LogP contribution in [0.2, 0.25) is 5.15 Å². The summed E-state index contributed by atoms with van der Waals surface area (Å²) in [6, 6.07) is 23.8. The predicted octanol–water partition coefficient (Wildman–Crippen LogP) is 6.38. The molecule has 0 bridgehead atoms. The Bertz CT molecular complexity index is 1470. The number of halogens is 1. The summed E-state index contributed by atoms with van der Waals surface area (Å²) in [5.41, 5.74) is 5.78. The van der Waals surface area contributed by atoms with Gasteiger partial charge in [0.2, 0.25) is 0 Å². The Hall–Kier alpha value is -3.70. The topological polar surface area (TPSA) is 57.0 Å². The predicted molar refractivity (Wildman–Crippen MR) is 131 cm³/mol. The van der Waals surface area contributed by atoms with Gasteiger partial charge in [-0.25, -0.2) is 9.97 Å². The average Bonchev–Trinajstić information content (AvgIpc) is 3.24. The van der Waals surface area contributed by atoms with Gasteiger partial charge in [-0.2, -0.15) is 0 Å². The van der Waals surface area contributed by atoms with Crippen LogP contribution in [0.25, 0.3) is 27.5 Å². The molecule has 0 spiro atoms. The van der Waals surface area contributed by atoms with Crippen LogP contribution in [-0.2, 0) is 16.0 Å². The van der Waals surface area contributed by atoms with Gasteiger partial charge >= 0.3 is 5.97 Å². The Balaban J connectivity index is 1.38. The number of ether oxygens (including phenoxy) is 1. The summed E-state index contributed by atoms with van der Waals surface area (Å²) in [5.74, 6) is -0.312. The molecule has 1 unspecified atom stereocenters. The number of hydrogen-bond acceptors (Lipinski definition) is 4. The van der Waals surface area contributed by atoms with E-state index in [1.807, 2.05) is 24.5 Å². The van der Waals surface area contributed by atoms with Gasteiger partial charge in [-0.15, -0.1) is 0 Å². The molecule has 5 aromatic rings. The highest BCUT2D eigenvalue weighted by Crippen LogP contribution is 2.28. The first-order valence-corrected chi connectivity index (χ1v) is 11.1. The minimum absolute atomic E-state index is 0.177. The third kappa shape index (κ3) is 4.32. The molecule has 0 saturated carbocycles. The van der Waals surface area contributed by atoms with Gasteiger partial charge < -0.3 is 4.74 Å². The van der Waals surface area contributed by atoms with Crippen LogP contribution in [0.4, 0.5) is 0 Å². The molecule has 2 aromatic heterocycles. The maximum atomic E-state index is 12.5. The van der Waals surface area contributed by atoms with Gasteiger partial charge in [0.15, 0.2) is 0 Å². The van der Waals surface area contributed by atoms with Crippen LogP contribution in [-0.4, -0.2) is 20.5 Å². The number of aryl methyl sites for hydroxylation is 1. The molecule has 0 N–H and O–H groups in total. The van der Waals surface area contributed by atoms with E-state index in [2.05, 4.69) is 57.9 Å². The van der Waals surface area contributed by atoms with Crippen molar-refractivity contribution in [3.8, 4) is 5.69 Å². The normalized spacial score (nSPS) is 12.2. The standard InChI is InChI=1S/C27H22ClN3O2/c1-17-6-10-21(11-7-17)31-16-29-27-22-12-8-19(14-20(22)9-13-24(27)31)15-26(32)33-18(2)23-4-3-5-25(28)30-23/h3-14,16,18H,15H2,1-2H3. The zero-order valence-electron chi connectivity index (χ0n) is 18.3. The van der Waals surface area contributed by atoms with Gasteiger partial charge in [0, 0.05) is 11.1 Å². The number of pyridine rings is 1. The number of hydrogen-bond donors (Lipinski definition) is 0. The molecule has 164 valence electrons. The highest BCUT2D eigenvalue weighted by molar-refractivity contribution is 6.29. The van der Waals surface area contributed by atoms with Crippen LogP contribution in [0.3, 0.4) is 0 Å². The van der Waals surface area contributed by atoms with Crippen LogP contribution in [0.15, 0.2) is 79.1 Å². The molecule has 5 nitrogen and oxygen atoms in total. The van der Waals surface area contributed by atoms with Crippen molar-refractivity contribution in [2.45, 2.75) is 26.4 Å². The number of carbonyl (C=O) groups is 1. The van der Waals surface area contributed by atoms with Gasteiger partial charge in [-0.1, -0.05) is 59.6 Å². The third-order valence-corrected chi connectivity index (χ3v) is 5.93. The lowest BCUT2D eigenvalue weighted by Gasteiger charge is -2.13. The van der Waals surface area contributed by atoms with Crippen LogP contribution < -0.4 is 0 Å². The van der Waals surface area contributed by atoms with Crippen molar-refractivity contribution in [2.24, 2.45) is 0 Å². The van der Waals surface area contributed by atoms with Crippen LogP contribution in [0, 0.1) is 6.92 Å². The number of fused-ring (bicyclic) bond motifs is 3. The van der Waals surface area contributed by atoms with Crippen LogP contribution >= 0.6 is 11.6 Å². The number of carbonyl (C=O) groups excluding carboxylic acids is 1. The number of nitrogens with zero attached hydrogens (tertiary/aromatic N) is 3. The van der Waals surface area contributed by atoms with Gasteiger partial charge in [-0.3, -0.25) is 9.36 Å². The fraction of sp³-hybridized carbons (Fsp3) is 0.148. The number of esters is 1. The number of rotatable bonds is 5. The second-order valence-electron chi connectivity index (χ2n) is 8.13. The van der Waals surface area contributed by atoms with Crippen molar-refractivity contribution in [1.29, 1.82) is 0 Å². The molecule has 0 aliphatic carbocycles. The van der Waals surface area contributed by atoms with E-state index in [0.717, 1.165) is 33.1 Å². The Morgan fingerprint density at radius 3 is 2.67 bits per heavy atom. The molecular weight excluding hydrogens is 434 g/mol. The second-order valence-corrected chi connectivity index (χ2v) is 8.52. The molecule has 0 fully saturated rings. The molecule has 5 rings (SSSR count). The van der Waals surface area contributed by atoms with Crippen molar-refractivity contribution in [1.82, 2.24) is 14.5 Å². The quantitative estimate of drug-likeness (QED) is 0.228. The van der Waals surface area contributed by atoms with Gasteiger partial charge in [0.25, 0.3) is 0 Å². The molecule has 0 aliphatic rings. The zero-order valence-corrected chi connectivity index (χ0v) is 19.1. The smallest absolute Gasteiger partial charge is 0.310 e. The molecule has 0 aliphatic heterocycles. The summed E-state index contributed by atoms with van der Waals surface area (Å²) in [4.78, 5) is 21.4. The summed E-state index contributed by atoms with van der Waals surface area (Å²) in [6.07, 6.45) is 1.56. The van der Waals surface area contributed by atoms with Gasteiger partial charge in [0.1, 0.15) is 17.6 Å². The zero-order chi connectivity index (χ0) is 22.9. The molecule has 0 saturated heterocycles. The lowest BCUT2D eigenvalue weighted by atomic mass is 10.0. The first-order chi connectivity index (χ1) is 16.0. The number of aromatic nitrogens is 3. The summed E-state index contributed by atoms with van der Waals surface area (Å²) < 4.78 is 7.65. The summed E-state index contributed by atoms with van der Waals surface area (Å²) in [5, 5.41) is 2.46. The van der Waals surface area contributed by atoms with E-state index in [4.69, 9.17) is 16.3 Å². The first kappa shape index (κ1) is 21.2. The highest BCUT2D eigenvalue weighted by atomic mass is 35.5. The molecule has 1 atom stereocenters. The Morgan fingerprint density at radius 2 is 1.88 bits per heavy atom. The van der Waals surface area contributed by atoms with E-state index >= 15 is 0 Å². The molecule has 0 radical (unpaired) electrons. The maximum Gasteiger partial charge on any atom is 0.310 e. The molecule has 0 amide bonds. The molecule has 33 heavy (non-hydrogen) atoms. The molecule has 2 heterocycles. The lowest BCUT2D eigenvalue weighted by Crippen LogP contribution is -2.12. The minimum atomic E-state index is -0.470. The number of imidazole rings is 1. The lowest BCUT2D eigenvalue weighted by molar-refractivity contribution is -0.147. The monoisotopic (exact) mass is 455 g/mol. The van der Waals surface area contributed by atoms with Crippen molar-refractivity contribution in [3.05, 3.63) is 101 Å². The van der Waals surface area contributed by atoms with E-state index in [0.29, 0.717) is 10.8 Å². The summed E-state index contributed by atoms with van der Waals surface area (Å²) in [7, 11) is 0. The Labute approximate surface area is 196 Å². The largest absolute Gasteiger partial charge is 0.456 e. The van der Waals surface area contributed by atoms with E-state index in [9.17, 15) is 4.79 Å². The minimum Gasteiger partial charge on any atom is -0.456 e. The van der Waals surface area contributed by atoms with Gasteiger partial charge in [0.05, 0.1) is 23.1 Å². The number of benzene rings is 3. The van der Waals surface area contributed by atoms with Crippen molar-refractivity contribution in [3.63, 3.8) is 0 Å². The SMILES string of the molecule is Cc1ccc(-n2cnc3c4ccc(CC(=O)OC(C)c5cccc(Cl)n5)cc4ccc32)cc1. The molecule has 6 heteroatoms. The molecular formula is C27H22ClN3O2. The first-order valence-electron chi connectivity index (χ1n) is 10.8. The van der Waals surface area contributed by atoms with Crippen molar-refractivity contribution in [2.75, 3.05) is 0 Å². The maximum absolute atomic E-state index is 12.5. The Morgan fingerprint density at radius 1 is 1.06 bits per heavy atom. The summed E-state index contributed by atoms with van der Waals surface area (Å²) >= 11 is 5.94. The third-order valence-electron chi connectivity index (χ3n) is 5.72. The van der Waals surface area contributed by atoms with Gasteiger partial charge in [-0.05, 0) is 55.1 Å². The van der Waals surface area contributed by atoms with E-state index in [-0.39, 0.29) is 12.4 Å². The fourth-order valence-electron chi connectivity index (χ4n) is 4.00. The van der Waals surface area contributed by atoms with E-state index in [1.54, 1.807) is 25.1 Å². The summed E-state index contributed by atoms with van der Waals surface area (Å²) in [6.45, 7) is 3.86. The average molecular weight is 456 g/mol. The van der Waals surface area contributed by atoms with Crippen molar-refractivity contribution < 1.29 is 9.53 Å². The highest BCUT2D eigenvalue weighted by Gasteiger charge is 2.15. The van der Waals surface area contributed by atoms with E-state index in [1.165, 1.54) is 5.56 Å². The van der Waals surface area contributed by atoms with Crippen molar-refractivity contribution >= 4 is 39.4 Å². The van der Waals surface area contributed by atoms with E-state index < -0.39 is 6.10 Å². The van der Waals surface area contributed by atoms with Crippen LogP contribution in [0.1, 0.15) is 29.8 Å². The van der Waals surface area contributed by atoms with Crippen LogP contribution in [0.5, 0.6) is 0 Å². The second kappa shape index (κ2) is 8.68. The fourth-order valence-corrected chi connectivity index (χ4v) is 4.17. The Kier molecular flexibility index (Phi) is 5.56.